The van der Waals surface area contributed by atoms with E-state index >= 15 is 0 Å². The summed E-state index contributed by atoms with van der Waals surface area (Å²) in [6, 6.07) is 1.59. The predicted molar refractivity (Wildman–Crippen MR) is 123 cm³/mol. The summed E-state index contributed by atoms with van der Waals surface area (Å²) in [6.45, 7) is 6.48. The summed E-state index contributed by atoms with van der Waals surface area (Å²) in [5, 5.41) is 9.64. The van der Waals surface area contributed by atoms with E-state index in [1.165, 1.54) is 18.0 Å². The molecule has 0 aliphatic heterocycles. The first-order valence-electron chi connectivity index (χ1n) is 10.7. The summed E-state index contributed by atoms with van der Waals surface area (Å²) < 4.78 is 40.4. The minimum absolute atomic E-state index is 0.0828. The number of halogens is 2. The Balaban J connectivity index is 1.97. The zero-order valence-corrected chi connectivity index (χ0v) is 19.6. The molecule has 3 rings (SSSR count). The molecule has 2 amide bonds. The number of nitrogens with zero attached hydrogens (tertiary/aromatic N) is 3. The zero-order chi connectivity index (χ0) is 25.5. The second-order valence-electron chi connectivity index (χ2n) is 7.54. The molecule has 188 valence electrons. The van der Waals surface area contributed by atoms with Crippen molar-refractivity contribution in [2.75, 3.05) is 37.6 Å². The van der Waals surface area contributed by atoms with Crippen LogP contribution < -0.4 is 16.1 Å². The lowest BCUT2D eigenvalue weighted by Crippen LogP contribution is -2.23. The molecule has 1 aromatic carbocycles. The Bertz CT molecular complexity index is 1220. The fraction of sp³-hybridized carbons (Fsp3) is 0.364. The molecule has 3 aromatic rings. The van der Waals surface area contributed by atoms with Crippen LogP contribution in [-0.4, -0.2) is 53.5 Å². The molecule has 35 heavy (non-hydrogen) atoms. The van der Waals surface area contributed by atoms with Crippen LogP contribution >= 0.6 is 0 Å². The summed E-state index contributed by atoms with van der Waals surface area (Å²) in [5.41, 5.74) is 2.87. The van der Waals surface area contributed by atoms with Crippen LogP contribution in [0.3, 0.4) is 0 Å². The Kier molecular flexibility index (Phi) is 8.49. The van der Waals surface area contributed by atoms with Crippen LogP contribution in [0.15, 0.2) is 24.7 Å². The van der Waals surface area contributed by atoms with E-state index in [9.17, 15) is 18.4 Å². The van der Waals surface area contributed by atoms with Crippen LogP contribution in [0.2, 0.25) is 0 Å². The second kappa shape index (κ2) is 11.5. The van der Waals surface area contributed by atoms with Gasteiger partial charge in [-0.15, -0.1) is 0 Å². The minimum Gasteiger partial charge on any atom is -0.447 e. The lowest BCUT2D eigenvalue weighted by molar-refractivity contribution is 0.0533. The molecular weight excluding hydrogens is 466 g/mol. The normalized spacial score (nSPS) is 11.1. The fourth-order valence-corrected chi connectivity index (χ4v) is 3.39. The molecule has 0 aliphatic carbocycles. The number of hydroxylamine groups is 1. The van der Waals surface area contributed by atoms with Crippen molar-refractivity contribution >= 4 is 34.7 Å². The van der Waals surface area contributed by atoms with E-state index < -0.39 is 29.2 Å². The summed E-state index contributed by atoms with van der Waals surface area (Å²) in [5.74, 6) is -2.84. The smallest absolute Gasteiger partial charge is 0.411 e. The molecule has 0 bridgehead atoms. The first-order valence-corrected chi connectivity index (χ1v) is 10.7. The van der Waals surface area contributed by atoms with Gasteiger partial charge in [-0.2, -0.15) is 5.10 Å². The lowest BCUT2D eigenvalue weighted by atomic mass is 10.0. The maximum atomic E-state index is 14.6. The number of ether oxygens (including phenoxy) is 2. The summed E-state index contributed by atoms with van der Waals surface area (Å²) >= 11 is 0. The van der Waals surface area contributed by atoms with Crippen LogP contribution in [0.4, 0.5) is 30.8 Å². The third-order valence-corrected chi connectivity index (χ3v) is 4.84. The Morgan fingerprint density at radius 3 is 2.60 bits per heavy atom. The monoisotopic (exact) mass is 492 g/mol. The zero-order valence-electron chi connectivity index (χ0n) is 19.6. The molecule has 0 spiro atoms. The average Bonchev–Trinajstić information content (AvgIpc) is 3.17. The third-order valence-electron chi connectivity index (χ3n) is 4.84. The molecule has 0 aliphatic rings. The summed E-state index contributed by atoms with van der Waals surface area (Å²) in [6.07, 6.45) is 2.12. The van der Waals surface area contributed by atoms with Gasteiger partial charge in [-0.05, 0) is 18.9 Å². The van der Waals surface area contributed by atoms with Gasteiger partial charge in [0.15, 0.2) is 5.82 Å². The topological polar surface area (TPSA) is 128 Å². The highest BCUT2D eigenvalue weighted by Gasteiger charge is 2.22. The molecule has 0 fully saturated rings. The first kappa shape index (κ1) is 25.8. The second-order valence-corrected chi connectivity index (χ2v) is 7.54. The van der Waals surface area contributed by atoms with Crippen molar-refractivity contribution < 1.29 is 32.7 Å². The SMILES string of the molecule is CCOCCOC(=O)Nc1cn2ncnc(Nc3cc(C(=O)NOC)c(F)cc3F)c2c1C(C)C. The quantitative estimate of drug-likeness (QED) is 0.288. The van der Waals surface area contributed by atoms with Gasteiger partial charge in [-0.3, -0.25) is 14.9 Å². The number of rotatable bonds is 10. The molecule has 3 N–H and O–H groups in total. The molecule has 0 radical (unpaired) electrons. The van der Waals surface area contributed by atoms with Crippen molar-refractivity contribution in [3.63, 3.8) is 0 Å². The van der Waals surface area contributed by atoms with Crippen molar-refractivity contribution in [2.45, 2.75) is 26.7 Å². The van der Waals surface area contributed by atoms with Crippen molar-refractivity contribution in [1.82, 2.24) is 20.1 Å². The molecule has 0 saturated heterocycles. The average molecular weight is 492 g/mol. The van der Waals surface area contributed by atoms with Crippen LogP contribution in [0.5, 0.6) is 0 Å². The molecular formula is C22H26F2N6O5. The number of hydrogen-bond acceptors (Lipinski definition) is 8. The predicted octanol–water partition coefficient (Wildman–Crippen LogP) is 3.75. The van der Waals surface area contributed by atoms with Crippen LogP contribution in [-0.2, 0) is 14.3 Å². The highest BCUT2D eigenvalue weighted by Crippen LogP contribution is 2.35. The molecule has 0 unspecified atom stereocenters. The van der Waals surface area contributed by atoms with Crippen molar-refractivity contribution in [2.24, 2.45) is 0 Å². The maximum Gasteiger partial charge on any atom is 0.411 e. The summed E-state index contributed by atoms with van der Waals surface area (Å²) in [4.78, 5) is 33.0. The Labute approximate surface area is 199 Å². The highest BCUT2D eigenvalue weighted by molar-refractivity contribution is 5.95. The third kappa shape index (κ3) is 6.00. The van der Waals surface area contributed by atoms with Gasteiger partial charge in [-0.1, -0.05) is 13.8 Å². The number of anilines is 3. The largest absolute Gasteiger partial charge is 0.447 e. The first-order chi connectivity index (χ1) is 16.8. The molecule has 0 saturated carbocycles. The summed E-state index contributed by atoms with van der Waals surface area (Å²) in [7, 11) is 1.19. The highest BCUT2D eigenvalue weighted by atomic mass is 19.1. The number of amides is 2. The number of aromatic nitrogens is 3. The number of nitrogens with one attached hydrogen (secondary N) is 3. The van der Waals surface area contributed by atoms with E-state index in [4.69, 9.17) is 9.47 Å². The Morgan fingerprint density at radius 2 is 1.91 bits per heavy atom. The van der Waals surface area contributed by atoms with E-state index in [-0.39, 0.29) is 30.6 Å². The Morgan fingerprint density at radius 1 is 1.14 bits per heavy atom. The maximum absolute atomic E-state index is 14.6. The van der Waals surface area contributed by atoms with E-state index in [1.54, 1.807) is 6.20 Å². The van der Waals surface area contributed by atoms with Gasteiger partial charge >= 0.3 is 6.09 Å². The van der Waals surface area contributed by atoms with Gasteiger partial charge in [0.2, 0.25) is 0 Å². The fourth-order valence-electron chi connectivity index (χ4n) is 3.39. The number of hydrogen-bond donors (Lipinski definition) is 3. The van der Waals surface area contributed by atoms with E-state index in [0.717, 1.165) is 6.07 Å². The van der Waals surface area contributed by atoms with Crippen molar-refractivity contribution in [3.8, 4) is 0 Å². The van der Waals surface area contributed by atoms with Gasteiger partial charge < -0.3 is 14.8 Å². The van der Waals surface area contributed by atoms with E-state index in [0.29, 0.717) is 29.4 Å². The van der Waals surface area contributed by atoms with Crippen molar-refractivity contribution in [1.29, 1.82) is 0 Å². The van der Waals surface area contributed by atoms with Crippen LogP contribution in [0.1, 0.15) is 42.6 Å². The number of fused-ring (bicyclic) bond motifs is 1. The number of carbonyl (C=O) groups is 2. The lowest BCUT2D eigenvalue weighted by Gasteiger charge is -2.13. The van der Waals surface area contributed by atoms with Crippen LogP contribution in [0.25, 0.3) is 5.52 Å². The van der Waals surface area contributed by atoms with Gasteiger partial charge in [-0.25, -0.2) is 28.6 Å². The minimum atomic E-state index is -1.06. The molecule has 2 aromatic heterocycles. The molecule has 2 heterocycles. The van der Waals surface area contributed by atoms with E-state index in [2.05, 4.69) is 25.6 Å². The van der Waals surface area contributed by atoms with Gasteiger partial charge in [0.1, 0.15) is 30.1 Å². The number of carbonyl (C=O) groups excluding carboxylic acids is 2. The van der Waals surface area contributed by atoms with E-state index in [1.807, 2.05) is 26.3 Å². The van der Waals surface area contributed by atoms with Crippen LogP contribution in [0, 0.1) is 11.6 Å². The van der Waals surface area contributed by atoms with Gasteiger partial charge in [0.05, 0.1) is 36.9 Å². The van der Waals surface area contributed by atoms with Gasteiger partial charge in [0.25, 0.3) is 5.91 Å². The number of benzene rings is 1. The molecule has 11 nitrogen and oxygen atoms in total. The van der Waals surface area contributed by atoms with Gasteiger partial charge in [0, 0.05) is 18.2 Å². The molecule has 0 atom stereocenters. The van der Waals surface area contributed by atoms with Crippen molar-refractivity contribution in [3.05, 3.63) is 47.4 Å². The standard InChI is InChI=1S/C22H26F2N6O5/c1-5-34-6-7-35-22(32)28-17-10-30-19(18(17)12(2)3)20(25-11-26-30)27-16-8-13(21(31)29-33-4)14(23)9-15(16)24/h8-12H,5-7H2,1-4H3,(H,28,32)(H,29,31)(H,25,26,27). The Hall–Kier alpha value is -3.84. The molecule has 13 heteroatoms.